The maximum absolute atomic E-state index is 3.82. The summed E-state index contributed by atoms with van der Waals surface area (Å²) in [6, 6.07) is 0. The van der Waals surface area contributed by atoms with E-state index in [4.69, 9.17) is 0 Å². The summed E-state index contributed by atoms with van der Waals surface area (Å²) in [5.41, 5.74) is 3.64. The minimum atomic E-state index is 0.866. The molecule has 4 heteroatoms. The van der Waals surface area contributed by atoms with Crippen molar-refractivity contribution in [2.75, 3.05) is 13.1 Å². The molecule has 0 saturated heterocycles. The molecule has 0 saturated carbocycles. The van der Waals surface area contributed by atoms with E-state index >= 15 is 0 Å². The lowest BCUT2D eigenvalue weighted by Gasteiger charge is -2.17. The molecule has 0 aromatic heterocycles. The van der Waals surface area contributed by atoms with Crippen molar-refractivity contribution < 1.29 is 0 Å². The molecule has 0 fully saturated rings. The lowest BCUT2D eigenvalue weighted by Crippen LogP contribution is -2.20. The van der Waals surface area contributed by atoms with Gasteiger partial charge in [-0.2, -0.15) is 0 Å². The summed E-state index contributed by atoms with van der Waals surface area (Å²) in [5, 5.41) is 7.32. The van der Waals surface area contributed by atoms with Crippen molar-refractivity contribution in [2.24, 2.45) is 10.3 Å². The highest BCUT2D eigenvalue weighted by molar-refractivity contribution is 4.98. The first-order chi connectivity index (χ1) is 4.88. The Hall–Kier alpha value is -1.06. The van der Waals surface area contributed by atoms with E-state index in [2.05, 4.69) is 34.5 Å². The number of hydrogen-bond donors (Lipinski definition) is 0. The molecule has 0 spiro atoms. The fourth-order valence-electron chi connectivity index (χ4n) is 0.867. The topological polar surface area (TPSA) is 42.1 Å². The van der Waals surface area contributed by atoms with Crippen LogP contribution >= 0.6 is 0 Å². The highest BCUT2D eigenvalue weighted by atomic mass is 15.5. The van der Waals surface area contributed by atoms with Gasteiger partial charge in [-0.3, -0.25) is 0 Å². The maximum atomic E-state index is 3.82. The molecule has 0 aromatic rings. The van der Waals surface area contributed by atoms with E-state index in [1.807, 2.05) is 0 Å². The van der Waals surface area contributed by atoms with Gasteiger partial charge >= 0.3 is 0 Å². The van der Waals surface area contributed by atoms with Crippen LogP contribution in [0.25, 0.3) is 0 Å². The highest BCUT2D eigenvalue weighted by Crippen LogP contribution is 2.08. The molecule has 0 unspecified atom stereocenters. The van der Waals surface area contributed by atoms with Crippen LogP contribution < -0.4 is 5.43 Å². The van der Waals surface area contributed by atoms with Crippen molar-refractivity contribution in [3.05, 3.63) is 12.0 Å². The first-order valence-electron chi connectivity index (χ1n) is 3.44. The van der Waals surface area contributed by atoms with E-state index in [0.29, 0.717) is 0 Å². The van der Waals surface area contributed by atoms with Gasteiger partial charge < -0.3 is 4.90 Å². The van der Waals surface area contributed by atoms with E-state index in [1.165, 1.54) is 0 Å². The zero-order valence-electron chi connectivity index (χ0n) is 6.28. The lowest BCUT2D eigenvalue weighted by molar-refractivity contribution is 0.378. The van der Waals surface area contributed by atoms with Gasteiger partial charge in [-0.1, -0.05) is 0 Å². The van der Waals surface area contributed by atoms with Crippen molar-refractivity contribution in [2.45, 2.75) is 13.8 Å². The molecule has 1 rings (SSSR count). The summed E-state index contributed by atoms with van der Waals surface area (Å²) >= 11 is 0. The summed E-state index contributed by atoms with van der Waals surface area (Å²) in [6.45, 7) is 6.07. The van der Waals surface area contributed by atoms with Gasteiger partial charge in [0.2, 0.25) is 0 Å². The van der Waals surface area contributed by atoms with Gasteiger partial charge in [-0.15, -0.1) is 10.5 Å². The number of hydrogen-bond acceptors (Lipinski definition) is 3. The average Bonchev–Trinajstić information content (AvgIpc) is 2.43. The molecule has 0 atom stereocenters. The third-order valence-corrected chi connectivity index (χ3v) is 1.46. The molecule has 1 radical (unpaired) electrons. The third kappa shape index (κ3) is 1.26. The predicted octanol–water partition coefficient (Wildman–Crippen LogP) is 1.11. The van der Waals surface area contributed by atoms with E-state index in [1.54, 1.807) is 6.20 Å². The summed E-state index contributed by atoms with van der Waals surface area (Å²) in [7, 11) is 0. The van der Waals surface area contributed by atoms with E-state index in [-0.39, 0.29) is 0 Å². The van der Waals surface area contributed by atoms with Gasteiger partial charge in [0.1, 0.15) is 0 Å². The van der Waals surface area contributed by atoms with Crippen molar-refractivity contribution in [1.82, 2.24) is 10.3 Å². The molecule has 0 aliphatic carbocycles. The zero-order valence-corrected chi connectivity index (χ0v) is 6.28. The summed E-state index contributed by atoms with van der Waals surface area (Å²) < 4.78 is 0. The Labute approximate surface area is 60.6 Å². The van der Waals surface area contributed by atoms with Crippen LogP contribution in [-0.4, -0.2) is 18.0 Å². The lowest BCUT2D eigenvalue weighted by atomic mass is 10.5. The normalized spacial score (nSPS) is 14.8. The van der Waals surface area contributed by atoms with Crippen LogP contribution in [0.3, 0.4) is 0 Å². The Morgan fingerprint density at radius 3 is 2.50 bits per heavy atom. The standard InChI is InChI=1S/C6H11N4/c1-3-10(4-2)6-5-7-9-8-6/h5H,3-4H2,1-2H3. The zero-order chi connectivity index (χ0) is 7.40. The van der Waals surface area contributed by atoms with Crippen molar-refractivity contribution in [3.8, 4) is 0 Å². The van der Waals surface area contributed by atoms with Crippen LogP contribution in [0.4, 0.5) is 0 Å². The smallest absolute Gasteiger partial charge is 0.173 e. The molecule has 10 heavy (non-hydrogen) atoms. The Balaban J connectivity index is 2.52. The molecule has 55 valence electrons. The fraction of sp³-hybridized carbons (Fsp3) is 0.667. The fourth-order valence-corrected chi connectivity index (χ4v) is 0.867. The molecule has 1 aliphatic rings. The van der Waals surface area contributed by atoms with E-state index in [9.17, 15) is 0 Å². The van der Waals surface area contributed by atoms with Gasteiger partial charge in [-0.25, -0.2) is 0 Å². The second-order valence-electron chi connectivity index (χ2n) is 1.96. The Kier molecular flexibility index (Phi) is 2.25. The maximum Gasteiger partial charge on any atom is 0.173 e. The Morgan fingerprint density at radius 1 is 1.40 bits per heavy atom. The Morgan fingerprint density at radius 2 is 2.10 bits per heavy atom. The minimum absolute atomic E-state index is 0.866. The summed E-state index contributed by atoms with van der Waals surface area (Å²) in [5.74, 6) is 0.866. The predicted molar refractivity (Wildman–Crippen MR) is 38.0 cm³/mol. The van der Waals surface area contributed by atoms with Gasteiger partial charge in [0.25, 0.3) is 0 Å². The quantitative estimate of drug-likeness (QED) is 0.577. The molecule has 0 bridgehead atoms. The number of rotatable bonds is 3. The van der Waals surface area contributed by atoms with Crippen molar-refractivity contribution in [3.63, 3.8) is 0 Å². The molecular weight excluding hydrogens is 128 g/mol. The average molecular weight is 139 g/mol. The van der Waals surface area contributed by atoms with Gasteiger partial charge in [0.05, 0.1) is 6.20 Å². The highest BCUT2D eigenvalue weighted by Gasteiger charge is 2.07. The molecule has 0 N–H and O–H groups in total. The summed E-state index contributed by atoms with van der Waals surface area (Å²) in [4.78, 5) is 2.10. The van der Waals surface area contributed by atoms with Gasteiger partial charge in [0, 0.05) is 13.1 Å². The van der Waals surface area contributed by atoms with E-state index in [0.717, 1.165) is 18.9 Å². The molecule has 4 nitrogen and oxygen atoms in total. The Bertz CT molecular complexity index is 157. The second kappa shape index (κ2) is 3.20. The molecule has 1 heterocycles. The van der Waals surface area contributed by atoms with Gasteiger partial charge in [0.15, 0.2) is 5.82 Å². The van der Waals surface area contributed by atoms with E-state index < -0.39 is 0 Å². The largest absolute Gasteiger partial charge is 0.354 e. The molecule has 0 amide bonds. The molecule has 0 aromatic carbocycles. The third-order valence-electron chi connectivity index (χ3n) is 1.46. The SMILES string of the molecule is CCN(CC)C1=C[N]N=N1. The summed E-state index contributed by atoms with van der Waals surface area (Å²) in [6.07, 6.45) is 1.67. The van der Waals surface area contributed by atoms with Crippen LogP contribution in [0, 0.1) is 0 Å². The van der Waals surface area contributed by atoms with Crippen molar-refractivity contribution in [1.29, 1.82) is 0 Å². The first kappa shape index (κ1) is 7.05. The van der Waals surface area contributed by atoms with Crippen LogP contribution in [-0.2, 0) is 0 Å². The monoisotopic (exact) mass is 139 g/mol. The van der Waals surface area contributed by atoms with Crippen LogP contribution in [0.2, 0.25) is 0 Å². The first-order valence-corrected chi connectivity index (χ1v) is 3.44. The van der Waals surface area contributed by atoms with Crippen molar-refractivity contribution >= 4 is 0 Å². The second-order valence-corrected chi connectivity index (χ2v) is 1.96. The van der Waals surface area contributed by atoms with Crippen LogP contribution in [0.5, 0.6) is 0 Å². The molecular formula is C6H11N4. The number of nitrogens with zero attached hydrogens (tertiary/aromatic N) is 4. The molecule has 1 aliphatic heterocycles. The minimum Gasteiger partial charge on any atom is -0.354 e. The van der Waals surface area contributed by atoms with Crippen LogP contribution in [0.1, 0.15) is 13.8 Å². The van der Waals surface area contributed by atoms with Gasteiger partial charge in [-0.05, 0) is 19.1 Å². The van der Waals surface area contributed by atoms with Crippen LogP contribution in [0.15, 0.2) is 22.4 Å².